The normalized spacial score (nSPS) is 53.0. The highest BCUT2D eigenvalue weighted by Gasteiger charge is 2.60. The molecule has 13 unspecified atom stereocenters. The Morgan fingerprint density at radius 1 is 0.357 bits per heavy atom. The molecule has 0 saturated carbocycles. The number of hydrogen-bond acceptors (Lipinski definition) is 26. The summed E-state index contributed by atoms with van der Waals surface area (Å²) in [4.78, 5) is 0. The monoisotopic (exact) mass is 828 g/mol. The molecule has 328 valence electrons. The second-order valence-corrected chi connectivity index (χ2v) is 14.0. The minimum atomic E-state index is -2.60. The highest BCUT2D eigenvalue weighted by Crippen LogP contribution is 2.39. The molecule has 0 aromatic carbocycles. The molecule has 0 aromatic heterocycles. The fourth-order valence-corrected chi connectivity index (χ4v) is 7.03. The van der Waals surface area contributed by atoms with Crippen molar-refractivity contribution in [3.8, 4) is 0 Å². The molecule has 26 heteroatoms. The molecular weight excluding hydrogens is 776 g/mol. The Kier molecular flexibility index (Phi) is 15.7. The van der Waals surface area contributed by atoms with E-state index in [0.29, 0.717) is 0 Å². The van der Waals surface area contributed by atoms with Gasteiger partial charge in [-0.1, -0.05) is 0 Å². The molecular formula is C30H52O26. The largest absolute Gasteiger partial charge is 0.394 e. The van der Waals surface area contributed by atoms with E-state index in [-0.39, 0.29) is 0 Å². The topological polar surface area (TPSA) is 427 Å². The Morgan fingerprint density at radius 3 is 1.07 bits per heavy atom. The van der Waals surface area contributed by atoms with Crippen molar-refractivity contribution >= 4 is 0 Å². The van der Waals surface area contributed by atoms with Crippen molar-refractivity contribution in [2.24, 2.45) is 0 Å². The number of ether oxygens (including phenoxy) is 9. The first-order valence-electron chi connectivity index (χ1n) is 17.6. The molecule has 5 aliphatic heterocycles. The van der Waals surface area contributed by atoms with Gasteiger partial charge in [0.2, 0.25) is 5.79 Å². The predicted molar refractivity (Wildman–Crippen MR) is 167 cm³/mol. The van der Waals surface area contributed by atoms with Crippen molar-refractivity contribution in [3.05, 3.63) is 0 Å². The van der Waals surface area contributed by atoms with Gasteiger partial charge in [0.05, 0.1) is 33.0 Å². The van der Waals surface area contributed by atoms with E-state index in [0.717, 1.165) is 0 Å². The first-order valence-corrected chi connectivity index (χ1v) is 17.6. The van der Waals surface area contributed by atoms with Gasteiger partial charge in [-0.05, 0) is 0 Å². The first kappa shape index (κ1) is 46.0. The molecule has 5 heterocycles. The van der Waals surface area contributed by atoms with Gasteiger partial charge in [-0.25, -0.2) is 0 Å². The Bertz CT molecular complexity index is 1220. The van der Waals surface area contributed by atoms with Crippen LogP contribution in [0.3, 0.4) is 0 Å². The van der Waals surface area contributed by atoms with Gasteiger partial charge in [0.1, 0.15) is 123 Å². The van der Waals surface area contributed by atoms with Crippen molar-refractivity contribution in [2.45, 2.75) is 147 Å². The Labute approximate surface area is 316 Å². The van der Waals surface area contributed by atoms with Gasteiger partial charge in [0, 0.05) is 0 Å². The lowest BCUT2D eigenvalue weighted by Gasteiger charge is -2.50. The van der Waals surface area contributed by atoms with Crippen LogP contribution in [0.15, 0.2) is 0 Å². The Hall–Kier alpha value is -1.04. The van der Waals surface area contributed by atoms with E-state index in [9.17, 15) is 86.8 Å². The van der Waals surface area contributed by atoms with E-state index in [1.165, 1.54) is 0 Å². The van der Waals surface area contributed by atoms with Crippen LogP contribution in [0.1, 0.15) is 0 Å². The summed E-state index contributed by atoms with van der Waals surface area (Å²) in [5.74, 6) is -2.60. The van der Waals surface area contributed by atoms with Gasteiger partial charge in [-0.15, -0.1) is 0 Å². The van der Waals surface area contributed by atoms with Crippen molar-refractivity contribution in [1.82, 2.24) is 0 Å². The maximum absolute atomic E-state index is 11.3. The van der Waals surface area contributed by atoms with E-state index in [1.54, 1.807) is 0 Å². The number of hydrogen-bond donors (Lipinski definition) is 17. The van der Waals surface area contributed by atoms with Gasteiger partial charge < -0.3 is 129 Å². The smallest absolute Gasteiger partial charge is 0.224 e. The molecule has 0 aromatic rings. The van der Waals surface area contributed by atoms with Crippen LogP contribution in [0.5, 0.6) is 0 Å². The molecule has 24 atom stereocenters. The minimum absolute atomic E-state index is 0.875. The summed E-state index contributed by atoms with van der Waals surface area (Å²) in [7, 11) is 0. The second kappa shape index (κ2) is 19.1. The van der Waals surface area contributed by atoms with Crippen LogP contribution in [0, 0.1) is 0 Å². The zero-order valence-corrected chi connectivity index (χ0v) is 29.3. The SMILES string of the molecule is OCC1OC(O[C@]2(CO)OC(CO)[C@H](O)[C@H]2O)C(O[C@H]2OC(CO)[C@@H](O)C(O)[C@@H]2O[C@H]2OC(CO)[C@@H](O)C(O)C2O[C@H]2OC(CO)[C@@H](O)C(O)[C@@H]2O)C(O)C1O. The van der Waals surface area contributed by atoms with Crippen LogP contribution < -0.4 is 0 Å². The van der Waals surface area contributed by atoms with E-state index in [1.807, 2.05) is 0 Å². The summed E-state index contributed by atoms with van der Waals surface area (Å²) in [5.41, 5.74) is 0. The molecule has 0 aliphatic carbocycles. The standard InChI is InChI=1S/C30H52O26/c31-1-7-12(37)17(42)21(46)26(48-7)52-22-18(43)13(38)8(2-32)49-27(22)53-23-19(44)14(39)9(3-33)50-28(23)54-24-20(45)15(40)10(4-34)51-29(24)56-30(6-36)25(47)16(41)11(5-35)55-30/h7-29,31-47H,1-6H2/t7?,8?,9?,10?,11?,12-,13-,14-,15?,16+,17?,18?,19?,20?,21+,22?,23+,24?,25-,26-,27-,28-,29?,30+/m1/s1. The van der Waals surface area contributed by atoms with Crippen LogP contribution >= 0.6 is 0 Å². The zero-order valence-electron chi connectivity index (χ0n) is 29.3. The number of aliphatic hydroxyl groups excluding tert-OH is 17. The van der Waals surface area contributed by atoms with Crippen LogP contribution in [0.4, 0.5) is 0 Å². The molecule has 0 spiro atoms. The van der Waals surface area contributed by atoms with E-state index in [4.69, 9.17) is 42.6 Å². The summed E-state index contributed by atoms with van der Waals surface area (Å²) in [6, 6.07) is 0. The third kappa shape index (κ3) is 8.73. The zero-order chi connectivity index (χ0) is 41.4. The van der Waals surface area contributed by atoms with Gasteiger partial charge >= 0.3 is 0 Å². The van der Waals surface area contributed by atoms with Gasteiger partial charge in [-0.2, -0.15) is 0 Å². The quantitative estimate of drug-likeness (QED) is 0.0773. The maximum atomic E-state index is 11.3. The molecule has 0 bridgehead atoms. The third-order valence-electron chi connectivity index (χ3n) is 10.4. The van der Waals surface area contributed by atoms with Crippen LogP contribution in [-0.2, 0) is 42.6 Å². The van der Waals surface area contributed by atoms with E-state index in [2.05, 4.69) is 0 Å². The van der Waals surface area contributed by atoms with E-state index < -0.39 is 187 Å². The highest BCUT2D eigenvalue weighted by atomic mass is 16.8. The van der Waals surface area contributed by atoms with E-state index >= 15 is 0 Å². The first-order chi connectivity index (χ1) is 26.5. The molecule has 5 saturated heterocycles. The molecule has 17 N–H and O–H groups in total. The fourth-order valence-electron chi connectivity index (χ4n) is 7.03. The number of aliphatic hydroxyl groups is 17. The van der Waals surface area contributed by atoms with Crippen LogP contribution in [0.2, 0.25) is 0 Å². The summed E-state index contributed by atoms with van der Waals surface area (Å²) in [6.45, 7) is -5.90. The number of rotatable bonds is 14. The molecule has 5 aliphatic rings. The average molecular weight is 829 g/mol. The third-order valence-corrected chi connectivity index (χ3v) is 10.4. The van der Waals surface area contributed by atoms with Crippen molar-refractivity contribution < 1.29 is 129 Å². The Balaban J connectivity index is 1.47. The molecule has 26 nitrogen and oxygen atoms in total. The lowest BCUT2D eigenvalue weighted by molar-refractivity contribution is -0.421. The molecule has 56 heavy (non-hydrogen) atoms. The van der Waals surface area contributed by atoms with Gasteiger partial charge in [0.15, 0.2) is 25.2 Å². The van der Waals surface area contributed by atoms with Crippen molar-refractivity contribution in [2.75, 3.05) is 39.6 Å². The van der Waals surface area contributed by atoms with Crippen LogP contribution in [-0.4, -0.2) is 273 Å². The van der Waals surface area contributed by atoms with Gasteiger partial charge in [0.25, 0.3) is 0 Å². The van der Waals surface area contributed by atoms with Crippen molar-refractivity contribution in [3.63, 3.8) is 0 Å². The van der Waals surface area contributed by atoms with Crippen LogP contribution in [0.25, 0.3) is 0 Å². The molecule has 5 rings (SSSR count). The average Bonchev–Trinajstić information content (AvgIpc) is 3.44. The fraction of sp³-hybridized carbons (Fsp3) is 1.00. The predicted octanol–water partition coefficient (Wildman–Crippen LogP) is -11.9. The molecule has 0 amide bonds. The molecule has 5 fully saturated rings. The lowest BCUT2D eigenvalue weighted by atomic mass is 9.96. The van der Waals surface area contributed by atoms with Crippen molar-refractivity contribution in [1.29, 1.82) is 0 Å². The Morgan fingerprint density at radius 2 is 0.696 bits per heavy atom. The minimum Gasteiger partial charge on any atom is -0.394 e. The maximum Gasteiger partial charge on any atom is 0.224 e. The summed E-state index contributed by atoms with van der Waals surface area (Å²) >= 11 is 0. The highest BCUT2D eigenvalue weighted by molar-refractivity contribution is 5.00. The second-order valence-electron chi connectivity index (χ2n) is 14.0. The summed E-state index contributed by atoms with van der Waals surface area (Å²) in [6.07, 6.45) is -44.6. The summed E-state index contributed by atoms with van der Waals surface area (Å²) < 4.78 is 50.6. The lowest BCUT2D eigenvalue weighted by Crippen LogP contribution is -2.68. The van der Waals surface area contributed by atoms with Gasteiger partial charge in [-0.3, -0.25) is 0 Å². The summed E-state index contributed by atoms with van der Waals surface area (Å²) in [5, 5.41) is 177. The molecule has 0 radical (unpaired) electrons.